The van der Waals surface area contributed by atoms with Gasteiger partial charge in [-0.25, -0.2) is 4.99 Å². The molecule has 0 aromatic heterocycles. The molecule has 1 aromatic carbocycles. The molecule has 0 radical (unpaired) electrons. The zero-order valence-corrected chi connectivity index (χ0v) is 11.7. The van der Waals surface area contributed by atoms with Gasteiger partial charge in [0.2, 0.25) is 0 Å². The van der Waals surface area contributed by atoms with Crippen molar-refractivity contribution in [3.05, 3.63) is 46.7 Å². The molecule has 0 heterocycles. The minimum absolute atomic E-state index is 0.0311. The number of ketones is 1. The molecule has 4 nitrogen and oxygen atoms in total. The second-order valence-corrected chi connectivity index (χ2v) is 4.81. The van der Waals surface area contributed by atoms with Crippen molar-refractivity contribution < 1.29 is 15.0 Å². The Morgan fingerprint density at radius 1 is 1.25 bits per heavy atom. The van der Waals surface area contributed by atoms with Crippen LogP contribution in [-0.2, 0) is 4.79 Å². The highest BCUT2D eigenvalue weighted by Crippen LogP contribution is 2.28. The maximum atomic E-state index is 11.7. The van der Waals surface area contributed by atoms with Gasteiger partial charge in [0, 0.05) is 5.57 Å². The second-order valence-electron chi connectivity index (χ2n) is 4.41. The molecule has 0 amide bonds. The number of hydrogen-bond donors (Lipinski definition) is 2. The van der Waals surface area contributed by atoms with E-state index in [-0.39, 0.29) is 22.3 Å². The molecule has 0 spiro atoms. The van der Waals surface area contributed by atoms with Crippen molar-refractivity contribution in [2.24, 2.45) is 4.99 Å². The fraction of sp³-hybridized carbons (Fsp3) is 0.200. The monoisotopic (exact) mass is 291 g/mol. The van der Waals surface area contributed by atoms with Crippen molar-refractivity contribution in [2.75, 3.05) is 0 Å². The lowest BCUT2D eigenvalue weighted by atomic mass is 9.97. The lowest BCUT2D eigenvalue weighted by Crippen LogP contribution is -2.14. The Balaban J connectivity index is 2.40. The van der Waals surface area contributed by atoms with Gasteiger partial charge >= 0.3 is 0 Å². The van der Waals surface area contributed by atoms with Crippen LogP contribution < -0.4 is 0 Å². The van der Waals surface area contributed by atoms with Crippen LogP contribution in [0.1, 0.15) is 19.8 Å². The van der Waals surface area contributed by atoms with E-state index < -0.39 is 0 Å². The molecule has 1 aromatic rings. The first-order valence-electron chi connectivity index (χ1n) is 6.25. The molecule has 1 aliphatic carbocycles. The van der Waals surface area contributed by atoms with E-state index in [1.54, 1.807) is 6.07 Å². The third-order valence-corrected chi connectivity index (χ3v) is 3.20. The Morgan fingerprint density at radius 3 is 2.65 bits per heavy atom. The number of carbonyl (C=O) groups is 1. The van der Waals surface area contributed by atoms with Gasteiger partial charge in [-0.15, -0.1) is 0 Å². The Bertz CT molecular complexity index is 645. The van der Waals surface area contributed by atoms with E-state index in [2.05, 4.69) is 4.99 Å². The van der Waals surface area contributed by atoms with Gasteiger partial charge in [-0.1, -0.05) is 24.9 Å². The number of benzene rings is 1. The van der Waals surface area contributed by atoms with Crippen LogP contribution >= 0.6 is 11.6 Å². The van der Waals surface area contributed by atoms with Crippen molar-refractivity contribution in [3.63, 3.8) is 0 Å². The molecule has 0 saturated heterocycles. The number of allylic oxidation sites excluding steroid dienone is 3. The van der Waals surface area contributed by atoms with E-state index in [9.17, 15) is 15.0 Å². The highest BCUT2D eigenvalue weighted by Gasteiger charge is 2.20. The molecule has 5 heteroatoms. The summed E-state index contributed by atoms with van der Waals surface area (Å²) in [6, 6.07) is 4.49. The third-order valence-electron chi connectivity index (χ3n) is 2.90. The fourth-order valence-electron chi connectivity index (χ4n) is 1.89. The number of nitrogens with zero attached hydrogens (tertiary/aromatic N) is 1. The molecular formula is C15H14ClNO3. The van der Waals surface area contributed by atoms with Gasteiger partial charge < -0.3 is 10.2 Å². The Kier molecular flexibility index (Phi) is 4.25. The standard InChI is InChI=1S/C15H14ClNO3/c1-2-3-10-13(18)7-5-12(15(10)20)17-9-4-6-14(19)11(16)8-9/h4-8,19-20H,2-3H2,1H3. The number of aliphatic imine (C=N–C) groups is 1. The van der Waals surface area contributed by atoms with Crippen LogP contribution in [0.4, 0.5) is 5.69 Å². The number of hydrogen-bond acceptors (Lipinski definition) is 4. The lowest BCUT2D eigenvalue weighted by Gasteiger charge is -2.12. The van der Waals surface area contributed by atoms with Crippen LogP contribution in [0.5, 0.6) is 5.75 Å². The molecule has 0 unspecified atom stereocenters. The summed E-state index contributed by atoms with van der Waals surface area (Å²) < 4.78 is 0. The van der Waals surface area contributed by atoms with Crippen molar-refractivity contribution >= 4 is 28.8 Å². The molecule has 20 heavy (non-hydrogen) atoms. The molecule has 0 saturated carbocycles. The van der Waals surface area contributed by atoms with Crippen LogP contribution in [-0.4, -0.2) is 21.7 Å². The molecule has 0 aliphatic heterocycles. The largest absolute Gasteiger partial charge is 0.506 e. The highest BCUT2D eigenvalue weighted by atomic mass is 35.5. The number of aliphatic hydroxyl groups excluding tert-OH is 1. The van der Waals surface area contributed by atoms with E-state index in [1.165, 1.54) is 24.3 Å². The van der Waals surface area contributed by atoms with Crippen molar-refractivity contribution in [3.8, 4) is 5.75 Å². The summed E-state index contributed by atoms with van der Waals surface area (Å²) in [7, 11) is 0. The van der Waals surface area contributed by atoms with Crippen molar-refractivity contribution in [1.82, 2.24) is 0 Å². The molecule has 0 bridgehead atoms. The van der Waals surface area contributed by atoms with E-state index in [0.29, 0.717) is 23.4 Å². The minimum atomic E-state index is -0.188. The predicted molar refractivity (Wildman–Crippen MR) is 78.9 cm³/mol. The number of phenols is 1. The quantitative estimate of drug-likeness (QED) is 0.831. The minimum Gasteiger partial charge on any atom is -0.506 e. The number of aromatic hydroxyl groups is 1. The van der Waals surface area contributed by atoms with Crippen molar-refractivity contribution in [2.45, 2.75) is 19.8 Å². The number of halogens is 1. The van der Waals surface area contributed by atoms with Gasteiger partial charge in [-0.05, 0) is 36.8 Å². The molecule has 0 atom stereocenters. The van der Waals surface area contributed by atoms with Crippen LogP contribution in [0.15, 0.2) is 46.7 Å². The number of rotatable bonds is 3. The fourth-order valence-corrected chi connectivity index (χ4v) is 2.07. The van der Waals surface area contributed by atoms with E-state index >= 15 is 0 Å². The van der Waals surface area contributed by atoms with Crippen LogP contribution in [0.2, 0.25) is 5.02 Å². The van der Waals surface area contributed by atoms with Crippen LogP contribution in [0.25, 0.3) is 0 Å². The Hall–Kier alpha value is -2.07. The average Bonchev–Trinajstić information content (AvgIpc) is 2.42. The first-order chi connectivity index (χ1) is 9.52. The summed E-state index contributed by atoms with van der Waals surface area (Å²) in [5.41, 5.74) is 1.18. The van der Waals surface area contributed by atoms with E-state index in [1.807, 2.05) is 6.92 Å². The Morgan fingerprint density at radius 2 is 2.00 bits per heavy atom. The summed E-state index contributed by atoms with van der Waals surface area (Å²) in [4.78, 5) is 15.9. The zero-order valence-electron chi connectivity index (χ0n) is 10.9. The molecule has 104 valence electrons. The molecule has 2 rings (SSSR count). The summed E-state index contributed by atoms with van der Waals surface area (Å²) in [6.45, 7) is 1.93. The normalized spacial score (nSPS) is 17.1. The number of carbonyl (C=O) groups excluding carboxylic acids is 1. The predicted octanol–water partition coefficient (Wildman–Crippen LogP) is 3.87. The van der Waals surface area contributed by atoms with Crippen molar-refractivity contribution in [1.29, 1.82) is 0 Å². The summed E-state index contributed by atoms with van der Waals surface area (Å²) in [6.07, 6.45) is 4.13. The molecule has 0 fully saturated rings. The van der Waals surface area contributed by atoms with Gasteiger partial charge in [0.1, 0.15) is 17.2 Å². The smallest absolute Gasteiger partial charge is 0.185 e. The van der Waals surface area contributed by atoms with Crippen LogP contribution in [0, 0.1) is 0 Å². The van der Waals surface area contributed by atoms with Gasteiger partial charge in [0.15, 0.2) is 5.78 Å². The first-order valence-corrected chi connectivity index (χ1v) is 6.62. The van der Waals surface area contributed by atoms with Gasteiger partial charge in [0.25, 0.3) is 0 Å². The average molecular weight is 292 g/mol. The first kappa shape index (κ1) is 14.3. The van der Waals surface area contributed by atoms with Gasteiger partial charge in [-0.3, -0.25) is 4.79 Å². The Labute approximate surface area is 121 Å². The topological polar surface area (TPSA) is 69.9 Å². The van der Waals surface area contributed by atoms with E-state index in [0.717, 1.165) is 6.42 Å². The summed E-state index contributed by atoms with van der Waals surface area (Å²) >= 11 is 5.80. The molecule has 1 aliphatic rings. The van der Waals surface area contributed by atoms with Gasteiger partial charge in [-0.2, -0.15) is 0 Å². The summed E-state index contributed by atoms with van der Waals surface area (Å²) in [5, 5.41) is 19.6. The molecular weight excluding hydrogens is 278 g/mol. The highest BCUT2D eigenvalue weighted by molar-refractivity contribution is 6.32. The third kappa shape index (κ3) is 2.91. The summed E-state index contributed by atoms with van der Waals surface area (Å²) in [5.74, 6) is -0.313. The molecule has 2 N–H and O–H groups in total. The number of aliphatic hydroxyl groups is 1. The zero-order chi connectivity index (χ0) is 14.7. The second kappa shape index (κ2) is 5.92. The van der Waals surface area contributed by atoms with Crippen LogP contribution in [0.3, 0.4) is 0 Å². The SMILES string of the molecule is CCCC1=C(O)C(=Nc2ccc(O)c(Cl)c2)C=CC1=O. The maximum absolute atomic E-state index is 11.7. The maximum Gasteiger partial charge on any atom is 0.185 e. The van der Waals surface area contributed by atoms with E-state index in [4.69, 9.17) is 11.6 Å². The lowest BCUT2D eigenvalue weighted by molar-refractivity contribution is -0.111. The number of phenolic OH excluding ortho intramolecular Hbond substituents is 1. The van der Waals surface area contributed by atoms with Gasteiger partial charge in [0.05, 0.1) is 10.7 Å².